The molecule has 0 spiro atoms. The Balaban J connectivity index is 1.78. The maximum atomic E-state index is 13.9. The Morgan fingerprint density at radius 2 is 1.60 bits per heavy atom. The first-order chi connectivity index (χ1) is 14.2. The van der Waals surface area contributed by atoms with Gasteiger partial charge in [-0.2, -0.15) is 18.3 Å². The molecule has 0 aliphatic rings. The summed E-state index contributed by atoms with van der Waals surface area (Å²) in [5.41, 5.74) is -2.57. The molecule has 8 heteroatoms. The molecule has 1 aromatic heterocycles. The lowest BCUT2D eigenvalue weighted by Crippen LogP contribution is -2.44. The van der Waals surface area contributed by atoms with Crippen molar-refractivity contribution in [1.82, 2.24) is 9.78 Å². The molecule has 1 unspecified atom stereocenters. The number of aliphatic hydroxyl groups is 1. The van der Waals surface area contributed by atoms with E-state index in [4.69, 9.17) is 0 Å². The first-order valence-corrected chi connectivity index (χ1v) is 8.95. The second-order valence-corrected chi connectivity index (χ2v) is 6.97. The van der Waals surface area contributed by atoms with Crippen molar-refractivity contribution < 1.29 is 27.1 Å². The maximum absolute atomic E-state index is 13.9. The number of hydrogen-bond donors (Lipinski definition) is 1. The summed E-state index contributed by atoms with van der Waals surface area (Å²) in [7, 11) is 0. The van der Waals surface area contributed by atoms with Crippen LogP contribution in [0.15, 0.2) is 72.9 Å². The van der Waals surface area contributed by atoms with Crippen molar-refractivity contribution >= 4 is 10.9 Å². The van der Waals surface area contributed by atoms with Gasteiger partial charge < -0.3 is 5.11 Å². The van der Waals surface area contributed by atoms with E-state index in [0.717, 1.165) is 18.2 Å². The molecule has 30 heavy (non-hydrogen) atoms. The number of aromatic nitrogens is 2. The van der Waals surface area contributed by atoms with Crippen molar-refractivity contribution in [3.8, 4) is 5.69 Å². The van der Waals surface area contributed by atoms with E-state index in [9.17, 15) is 27.1 Å². The van der Waals surface area contributed by atoms with Crippen LogP contribution in [0.3, 0.4) is 0 Å². The molecule has 3 nitrogen and oxygen atoms in total. The predicted molar refractivity (Wildman–Crippen MR) is 101 cm³/mol. The molecule has 3 aromatic carbocycles. The van der Waals surface area contributed by atoms with Gasteiger partial charge in [0.05, 0.1) is 17.4 Å². The quantitative estimate of drug-likeness (QED) is 0.457. The Hall–Kier alpha value is -3.26. The van der Waals surface area contributed by atoms with Crippen LogP contribution in [0, 0.1) is 11.6 Å². The average molecular weight is 418 g/mol. The van der Waals surface area contributed by atoms with Crippen LogP contribution in [0.1, 0.15) is 11.1 Å². The molecule has 0 bridgehead atoms. The van der Waals surface area contributed by atoms with E-state index in [1.807, 2.05) is 0 Å². The summed E-state index contributed by atoms with van der Waals surface area (Å²) in [6, 6.07) is 13.9. The van der Waals surface area contributed by atoms with Crippen LogP contribution in [-0.2, 0) is 12.0 Å². The zero-order chi connectivity index (χ0) is 21.5. The van der Waals surface area contributed by atoms with Crippen molar-refractivity contribution in [3.05, 3.63) is 95.7 Å². The number of nitrogens with zero attached hydrogens (tertiary/aromatic N) is 2. The lowest BCUT2D eigenvalue weighted by Gasteiger charge is -2.31. The number of hydrogen-bond acceptors (Lipinski definition) is 2. The minimum Gasteiger partial charge on any atom is -0.376 e. The molecule has 1 heterocycles. The predicted octanol–water partition coefficient (Wildman–Crippen LogP) is 5.30. The normalized spacial score (nSPS) is 14.1. The van der Waals surface area contributed by atoms with Crippen molar-refractivity contribution in [3.63, 3.8) is 0 Å². The summed E-state index contributed by atoms with van der Waals surface area (Å²) in [6.07, 6.45) is -4.48. The van der Waals surface area contributed by atoms with Gasteiger partial charge in [-0.05, 0) is 59.7 Å². The minimum absolute atomic E-state index is 0.0110. The summed E-state index contributed by atoms with van der Waals surface area (Å²) >= 11 is 0. The highest BCUT2D eigenvalue weighted by molar-refractivity contribution is 5.81. The Kier molecular flexibility index (Phi) is 4.82. The van der Waals surface area contributed by atoms with Gasteiger partial charge >= 0.3 is 6.18 Å². The van der Waals surface area contributed by atoms with E-state index in [1.54, 1.807) is 0 Å². The fourth-order valence-electron chi connectivity index (χ4n) is 3.39. The molecule has 154 valence electrons. The fourth-order valence-corrected chi connectivity index (χ4v) is 3.39. The molecule has 0 saturated heterocycles. The molecule has 0 amide bonds. The van der Waals surface area contributed by atoms with E-state index < -0.39 is 29.8 Å². The molecule has 0 saturated carbocycles. The first-order valence-electron chi connectivity index (χ1n) is 8.95. The van der Waals surface area contributed by atoms with Gasteiger partial charge in [-0.3, -0.25) is 0 Å². The average Bonchev–Trinajstić information content (AvgIpc) is 3.11. The summed E-state index contributed by atoms with van der Waals surface area (Å²) in [6.45, 7) is 0. The molecule has 4 aromatic rings. The molecule has 0 aliphatic carbocycles. The Morgan fingerprint density at radius 1 is 0.867 bits per heavy atom. The Bertz CT molecular complexity index is 1200. The van der Waals surface area contributed by atoms with Crippen LogP contribution in [0.25, 0.3) is 16.6 Å². The monoisotopic (exact) mass is 418 g/mol. The second kappa shape index (κ2) is 7.21. The molecule has 4 rings (SSSR count). The van der Waals surface area contributed by atoms with E-state index in [1.165, 1.54) is 59.4 Å². The highest BCUT2D eigenvalue weighted by atomic mass is 19.4. The van der Waals surface area contributed by atoms with Crippen molar-refractivity contribution in [2.45, 2.75) is 18.2 Å². The third kappa shape index (κ3) is 3.54. The number of fused-ring (bicyclic) bond motifs is 1. The van der Waals surface area contributed by atoms with E-state index in [2.05, 4.69) is 5.10 Å². The summed E-state index contributed by atoms with van der Waals surface area (Å²) < 4.78 is 69.7. The second-order valence-electron chi connectivity index (χ2n) is 6.97. The lowest BCUT2D eigenvalue weighted by atomic mass is 9.86. The summed E-state index contributed by atoms with van der Waals surface area (Å²) in [5.74, 6) is -1.11. The van der Waals surface area contributed by atoms with Crippen LogP contribution in [0.5, 0.6) is 0 Å². The maximum Gasteiger partial charge on any atom is 0.421 e. The standard InChI is InChI=1S/C22H15F5N2O/c23-17-5-7-19(8-6-17)29-20-9-4-16(11-15(20)13-28-29)21(30,22(25,26)27)12-14-2-1-3-18(24)10-14/h1-11,13,30H,12H2. The van der Waals surface area contributed by atoms with Crippen molar-refractivity contribution in [2.75, 3.05) is 0 Å². The number of halogens is 5. The van der Waals surface area contributed by atoms with Gasteiger partial charge in [0.1, 0.15) is 11.6 Å². The third-order valence-corrected chi connectivity index (χ3v) is 4.93. The van der Waals surface area contributed by atoms with Crippen LogP contribution < -0.4 is 0 Å². The Morgan fingerprint density at radius 3 is 2.27 bits per heavy atom. The van der Waals surface area contributed by atoms with Gasteiger partial charge in [-0.25, -0.2) is 13.5 Å². The van der Waals surface area contributed by atoms with Crippen LogP contribution >= 0.6 is 0 Å². The number of benzene rings is 3. The highest BCUT2D eigenvalue weighted by Gasteiger charge is 2.54. The third-order valence-electron chi connectivity index (χ3n) is 4.93. The Labute approximate surface area is 168 Å². The SMILES string of the molecule is OC(Cc1cccc(F)c1)(c1ccc2c(cnn2-c2ccc(F)cc2)c1)C(F)(F)F. The topological polar surface area (TPSA) is 38.1 Å². The van der Waals surface area contributed by atoms with Gasteiger partial charge in [0.2, 0.25) is 0 Å². The van der Waals surface area contributed by atoms with Gasteiger partial charge in [-0.15, -0.1) is 0 Å². The lowest BCUT2D eigenvalue weighted by molar-refractivity contribution is -0.266. The van der Waals surface area contributed by atoms with Crippen LogP contribution in [0.2, 0.25) is 0 Å². The van der Waals surface area contributed by atoms with E-state index >= 15 is 0 Å². The smallest absolute Gasteiger partial charge is 0.376 e. The van der Waals surface area contributed by atoms with Gasteiger partial charge in [0, 0.05) is 11.8 Å². The van der Waals surface area contributed by atoms with Gasteiger partial charge in [0.25, 0.3) is 0 Å². The van der Waals surface area contributed by atoms with E-state index in [-0.39, 0.29) is 11.1 Å². The first kappa shape index (κ1) is 20.0. The zero-order valence-corrected chi connectivity index (χ0v) is 15.4. The van der Waals surface area contributed by atoms with Gasteiger partial charge in [0.15, 0.2) is 5.60 Å². The molecule has 0 aliphatic heterocycles. The zero-order valence-electron chi connectivity index (χ0n) is 15.4. The van der Waals surface area contributed by atoms with Crippen LogP contribution in [0.4, 0.5) is 22.0 Å². The van der Waals surface area contributed by atoms with E-state index in [0.29, 0.717) is 16.6 Å². The molecular weight excluding hydrogens is 403 g/mol. The molecular formula is C22H15F5N2O. The largest absolute Gasteiger partial charge is 0.421 e. The van der Waals surface area contributed by atoms with Crippen LogP contribution in [-0.4, -0.2) is 21.1 Å². The minimum atomic E-state index is -5.00. The number of alkyl halides is 3. The van der Waals surface area contributed by atoms with Crippen molar-refractivity contribution in [2.24, 2.45) is 0 Å². The fraction of sp³-hybridized carbons (Fsp3) is 0.136. The highest BCUT2D eigenvalue weighted by Crippen LogP contribution is 2.42. The molecule has 1 N–H and O–H groups in total. The summed E-state index contributed by atoms with van der Waals surface area (Å²) in [5, 5.41) is 15.2. The summed E-state index contributed by atoms with van der Waals surface area (Å²) in [4.78, 5) is 0. The molecule has 0 radical (unpaired) electrons. The van der Waals surface area contributed by atoms with Gasteiger partial charge in [-0.1, -0.05) is 18.2 Å². The molecule has 1 atom stereocenters. The van der Waals surface area contributed by atoms with Crippen molar-refractivity contribution in [1.29, 1.82) is 0 Å². The number of rotatable bonds is 4. The molecule has 0 fully saturated rings.